The second kappa shape index (κ2) is 7.85. The minimum absolute atomic E-state index is 0.0989. The van der Waals surface area contributed by atoms with Crippen molar-refractivity contribution in [3.8, 4) is 11.5 Å². The van der Waals surface area contributed by atoms with Crippen LogP contribution in [0, 0.1) is 11.7 Å². The number of nitrogens with one attached hydrogen (secondary N) is 1. The number of carbonyl (C=O) groups excluding carboxylic acids is 1. The summed E-state index contributed by atoms with van der Waals surface area (Å²) in [5, 5.41) is 3.63. The molecular weight excluding hydrogens is 343 g/mol. The van der Waals surface area contributed by atoms with Gasteiger partial charge in [-0.05, 0) is 68.4 Å². The van der Waals surface area contributed by atoms with Gasteiger partial charge in [0.15, 0.2) is 0 Å². The Morgan fingerprint density at radius 2 is 2.08 bits per heavy atom. The summed E-state index contributed by atoms with van der Waals surface area (Å²) in [7, 11) is 1.91. The Balaban J connectivity index is 1.81. The van der Waals surface area contributed by atoms with E-state index in [0.717, 1.165) is 13.0 Å². The van der Waals surface area contributed by atoms with Gasteiger partial charge in [-0.15, -0.1) is 0 Å². The van der Waals surface area contributed by atoms with Crippen molar-refractivity contribution < 1.29 is 13.9 Å². The Morgan fingerprint density at radius 3 is 2.80 bits per heavy atom. The molecule has 1 N–H and O–H groups in total. The molecule has 1 atom stereocenters. The lowest BCUT2D eigenvalue weighted by Gasteiger charge is -2.19. The molecule has 1 amide bonds. The van der Waals surface area contributed by atoms with Gasteiger partial charge in [0.25, 0.3) is 5.91 Å². The van der Waals surface area contributed by atoms with E-state index in [2.05, 4.69) is 5.32 Å². The molecular formula is C19H20ClFN2O2. The van der Waals surface area contributed by atoms with Gasteiger partial charge in [0.2, 0.25) is 0 Å². The second-order valence-electron chi connectivity index (χ2n) is 6.16. The molecule has 25 heavy (non-hydrogen) atoms. The SMILES string of the molecule is CNCC1CCN(C(=O)c2cc(Cl)ccc2Oc2ccc(F)cc2)C1. The number of nitrogens with zero attached hydrogens (tertiary/aromatic N) is 1. The van der Waals surface area contributed by atoms with E-state index >= 15 is 0 Å². The summed E-state index contributed by atoms with van der Waals surface area (Å²) >= 11 is 6.08. The number of rotatable bonds is 5. The van der Waals surface area contributed by atoms with E-state index in [-0.39, 0.29) is 11.7 Å². The van der Waals surface area contributed by atoms with Crippen LogP contribution in [0.25, 0.3) is 0 Å². The maximum atomic E-state index is 13.1. The Morgan fingerprint density at radius 1 is 1.32 bits per heavy atom. The summed E-state index contributed by atoms with van der Waals surface area (Å²) in [4.78, 5) is 14.7. The molecule has 1 aliphatic rings. The fraction of sp³-hybridized carbons (Fsp3) is 0.316. The van der Waals surface area contributed by atoms with Crippen LogP contribution in [-0.4, -0.2) is 37.5 Å². The van der Waals surface area contributed by atoms with Crippen LogP contribution >= 0.6 is 11.6 Å². The van der Waals surface area contributed by atoms with Crippen molar-refractivity contribution in [2.75, 3.05) is 26.7 Å². The van der Waals surface area contributed by atoms with Crippen LogP contribution in [0.1, 0.15) is 16.8 Å². The Hall–Kier alpha value is -2.11. The molecule has 4 nitrogen and oxygen atoms in total. The summed E-state index contributed by atoms with van der Waals surface area (Å²) in [6, 6.07) is 10.6. The number of carbonyl (C=O) groups is 1. The molecule has 1 aliphatic heterocycles. The number of benzene rings is 2. The number of halogens is 2. The maximum absolute atomic E-state index is 13.1. The predicted molar refractivity (Wildman–Crippen MR) is 95.9 cm³/mol. The lowest BCUT2D eigenvalue weighted by atomic mass is 10.1. The van der Waals surface area contributed by atoms with E-state index in [9.17, 15) is 9.18 Å². The maximum Gasteiger partial charge on any atom is 0.257 e. The van der Waals surface area contributed by atoms with Crippen LogP contribution in [0.3, 0.4) is 0 Å². The molecule has 6 heteroatoms. The Labute approximate surface area is 151 Å². The third kappa shape index (κ3) is 4.30. The molecule has 2 aromatic carbocycles. The molecule has 0 saturated carbocycles. The largest absolute Gasteiger partial charge is 0.457 e. The first-order valence-corrected chi connectivity index (χ1v) is 8.61. The van der Waals surface area contributed by atoms with Crippen molar-refractivity contribution in [2.45, 2.75) is 6.42 Å². The molecule has 1 saturated heterocycles. The van der Waals surface area contributed by atoms with Crippen LogP contribution in [-0.2, 0) is 0 Å². The van der Waals surface area contributed by atoms with Gasteiger partial charge < -0.3 is 15.0 Å². The van der Waals surface area contributed by atoms with Crippen molar-refractivity contribution >= 4 is 17.5 Å². The number of likely N-dealkylation sites (tertiary alicyclic amines) is 1. The molecule has 1 heterocycles. The van der Waals surface area contributed by atoms with E-state index in [1.54, 1.807) is 18.2 Å². The number of hydrogen-bond donors (Lipinski definition) is 1. The van der Waals surface area contributed by atoms with Gasteiger partial charge in [-0.2, -0.15) is 0 Å². The minimum Gasteiger partial charge on any atom is -0.457 e. The van der Waals surface area contributed by atoms with E-state index in [0.29, 0.717) is 41.1 Å². The molecule has 1 fully saturated rings. The van der Waals surface area contributed by atoms with Gasteiger partial charge >= 0.3 is 0 Å². The zero-order chi connectivity index (χ0) is 17.8. The highest BCUT2D eigenvalue weighted by Gasteiger charge is 2.28. The van der Waals surface area contributed by atoms with Gasteiger partial charge in [0.05, 0.1) is 5.56 Å². The highest BCUT2D eigenvalue weighted by molar-refractivity contribution is 6.31. The first kappa shape index (κ1) is 17.7. The molecule has 0 aromatic heterocycles. The van der Waals surface area contributed by atoms with Crippen molar-refractivity contribution in [1.82, 2.24) is 10.2 Å². The van der Waals surface area contributed by atoms with Crippen LogP contribution < -0.4 is 10.1 Å². The van der Waals surface area contributed by atoms with Gasteiger partial charge in [-0.3, -0.25) is 4.79 Å². The number of amides is 1. The standard InChI is InChI=1S/C19H20ClFN2O2/c1-22-11-13-8-9-23(12-13)19(24)17-10-14(20)2-7-18(17)25-16-5-3-15(21)4-6-16/h2-7,10,13,22H,8-9,11-12H2,1H3. The smallest absolute Gasteiger partial charge is 0.257 e. The van der Waals surface area contributed by atoms with Crippen LogP contribution in [0.4, 0.5) is 4.39 Å². The third-order valence-corrected chi connectivity index (χ3v) is 4.51. The Bertz CT molecular complexity index is 752. The van der Waals surface area contributed by atoms with E-state index < -0.39 is 0 Å². The van der Waals surface area contributed by atoms with E-state index in [1.165, 1.54) is 24.3 Å². The topological polar surface area (TPSA) is 41.6 Å². The predicted octanol–water partition coefficient (Wildman–Crippen LogP) is 3.95. The number of hydrogen-bond acceptors (Lipinski definition) is 3. The lowest BCUT2D eigenvalue weighted by Crippen LogP contribution is -2.30. The minimum atomic E-state index is -0.340. The van der Waals surface area contributed by atoms with Crippen molar-refractivity contribution in [3.05, 3.63) is 58.9 Å². The highest BCUT2D eigenvalue weighted by atomic mass is 35.5. The molecule has 2 aromatic rings. The first-order valence-electron chi connectivity index (χ1n) is 8.23. The number of ether oxygens (including phenoxy) is 1. The molecule has 3 rings (SSSR count). The van der Waals surface area contributed by atoms with Crippen molar-refractivity contribution in [1.29, 1.82) is 0 Å². The van der Waals surface area contributed by atoms with Crippen LogP contribution in [0.5, 0.6) is 11.5 Å². The quantitative estimate of drug-likeness (QED) is 0.875. The zero-order valence-electron chi connectivity index (χ0n) is 14.0. The normalized spacial score (nSPS) is 16.9. The molecule has 0 spiro atoms. The zero-order valence-corrected chi connectivity index (χ0v) is 14.7. The molecule has 132 valence electrons. The first-order chi connectivity index (χ1) is 12.1. The van der Waals surface area contributed by atoms with Gasteiger partial charge in [-0.1, -0.05) is 11.6 Å². The summed E-state index contributed by atoms with van der Waals surface area (Å²) in [6.07, 6.45) is 0.974. The monoisotopic (exact) mass is 362 g/mol. The van der Waals surface area contributed by atoms with Crippen LogP contribution in [0.15, 0.2) is 42.5 Å². The molecule has 1 unspecified atom stereocenters. The average molecular weight is 363 g/mol. The fourth-order valence-corrected chi connectivity index (χ4v) is 3.20. The molecule has 0 radical (unpaired) electrons. The lowest BCUT2D eigenvalue weighted by molar-refractivity contribution is 0.0784. The van der Waals surface area contributed by atoms with Gasteiger partial charge in [0, 0.05) is 18.1 Å². The fourth-order valence-electron chi connectivity index (χ4n) is 3.03. The van der Waals surface area contributed by atoms with E-state index in [4.69, 9.17) is 16.3 Å². The van der Waals surface area contributed by atoms with Gasteiger partial charge in [0.1, 0.15) is 17.3 Å². The summed E-state index contributed by atoms with van der Waals surface area (Å²) in [6.45, 7) is 2.31. The van der Waals surface area contributed by atoms with Gasteiger partial charge in [-0.25, -0.2) is 4.39 Å². The summed E-state index contributed by atoms with van der Waals surface area (Å²) in [5.74, 6) is 0.894. The van der Waals surface area contributed by atoms with E-state index in [1.807, 2.05) is 11.9 Å². The van der Waals surface area contributed by atoms with Crippen molar-refractivity contribution in [3.63, 3.8) is 0 Å². The molecule has 0 aliphatic carbocycles. The summed E-state index contributed by atoms with van der Waals surface area (Å²) < 4.78 is 18.8. The summed E-state index contributed by atoms with van der Waals surface area (Å²) in [5.41, 5.74) is 0.418. The average Bonchev–Trinajstić information content (AvgIpc) is 3.07. The van der Waals surface area contributed by atoms with Crippen LogP contribution in [0.2, 0.25) is 5.02 Å². The second-order valence-corrected chi connectivity index (χ2v) is 6.60. The van der Waals surface area contributed by atoms with Crippen molar-refractivity contribution in [2.24, 2.45) is 5.92 Å². The highest BCUT2D eigenvalue weighted by Crippen LogP contribution is 2.30. The molecule has 0 bridgehead atoms. The Kier molecular flexibility index (Phi) is 5.56. The third-order valence-electron chi connectivity index (χ3n) is 4.28.